The Morgan fingerprint density at radius 3 is 2.28 bits per heavy atom. The van der Waals surface area contributed by atoms with E-state index in [-0.39, 0.29) is 28.9 Å². The first-order chi connectivity index (χ1) is 29.4. The number of carbonyl (C=O) groups is 1. The molecule has 2 atom stereocenters. The highest BCUT2D eigenvalue weighted by Crippen LogP contribution is 2.53. The molecule has 8 rings (SSSR count). The van der Waals surface area contributed by atoms with Crippen molar-refractivity contribution >= 4 is 52.4 Å². The van der Waals surface area contributed by atoms with Crippen LogP contribution < -0.4 is 5.32 Å². The lowest BCUT2D eigenvalue weighted by molar-refractivity contribution is -0.138. The standard InChI is InChI=1S/C35H36ClNO3S.C17H19FN2/c1-34(2,40)30-9-4-3-7-25(30)13-17-32(41-23-35(18-19-35)22-33(38)39)27-8-5-6-24(20-27)10-15-29-16-12-26-11-14-28(36)21-31(26)37-29;18-16-8-6-15(7-9-16)17(14-4-2-1-3-5-14)20-12-10-19-11-13-20/h3-12,14-16,20-21,32,40H,13,17-19,22-23H2,1-2H3,(H,38,39);1-9,17,19H,10-13H2/t32-;/m1./s1. The zero-order chi connectivity index (χ0) is 42.8. The summed E-state index contributed by atoms with van der Waals surface area (Å²) in [5.41, 5.74) is 7.57. The van der Waals surface area contributed by atoms with Gasteiger partial charge in [0.25, 0.3) is 0 Å². The monoisotopic (exact) mass is 855 g/mol. The van der Waals surface area contributed by atoms with E-state index in [1.165, 1.54) is 11.1 Å². The van der Waals surface area contributed by atoms with Gasteiger partial charge in [-0.1, -0.05) is 121 Å². The Labute approximate surface area is 368 Å². The predicted molar refractivity (Wildman–Crippen MR) is 250 cm³/mol. The summed E-state index contributed by atoms with van der Waals surface area (Å²) >= 11 is 8.04. The SMILES string of the molecule is CC(C)(O)c1ccccc1CC[C@@H](SCC1(CC(=O)O)CC1)c1cccc(C=Cc2ccc3ccc(Cl)cc3n2)c1.Fc1ccc(C(c2ccccc2)N2CCNCC2)cc1. The first-order valence-electron chi connectivity index (χ1n) is 21.2. The van der Waals surface area contributed by atoms with E-state index in [2.05, 4.69) is 77.0 Å². The Morgan fingerprint density at radius 1 is 0.869 bits per heavy atom. The topological polar surface area (TPSA) is 85.7 Å². The van der Waals surface area contributed by atoms with Crippen LogP contribution in [-0.2, 0) is 16.8 Å². The summed E-state index contributed by atoms with van der Waals surface area (Å²) in [6.07, 6.45) is 8.02. The number of nitrogens with zero attached hydrogens (tertiary/aromatic N) is 2. The van der Waals surface area contributed by atoms with E-state index < -0.39 is 11.6 Å². The largest absolute Gasteiger partial charge is 0.481 e. The number of rotatable bonds is 15. The first kappa shape index (κ1) is 44.2. The van der Waals surface area contributed by atoms with Crippen molar-refractivity contribution in [2.45, 2.75) is 62.8 Å². The highest BCUT2D eigenvalue weighted by molar-refractivity contribution is 7.99. The molecule has 6 aromatic rings. The van der Waals surface area contributed by atoms with Crippen LogP contribution in [0.2, 0.25) is 5.02 Å². The van der Waals surface area contributed by atoms with Gasteiger partial charge in [-0.25, -0.2) is 9.37 Å². The van der Waals surface area contributed by atoms with Crippen LogP contribution in [0.3, 0.4) is 0 Å². The third-order valence-electron chi connectivity index (χ3n) is 11.6. The average molecular weight is 857 g/mol. The Balaban J connectivity index is 0.000000233. The fourth-order valence-electron chi connectivity index (χ4n) is 8.19. The lowest BCUT2D eigenvalue weighted by Crippen LogP contribution is -2.45. The van der Waals surface area contributed by atoms with Crippen LogP contribution in [0.1, 0.15) is 89.9 Å². The van der Waals surface area contributed by atoms with E-state index in [0.29, 0.717) is 5.02 Å². The number of aryl methyl sites for hydroxylation is 1. The third-order valence-corrected chi connectivity index (χ3v) is 13.6. The number of benzene rings is 5. The number of fused-ring (bicyclic) bond motifs is 1. The van der Waals surface area contributed by atoms with Crippen LogP contribution in [0.5, 0.6) is 0 Å². The van der Waals surface area contributed by atoms with E-state index in [0.717, 1.165) is 96.5 Å². The number of carboxylic acids is 1. The molecule has 1 aromatic heterocycles. The molecule has 3 N–H and O–H groups in total. The maximum absolute atomic E-state index is 13.2. The maximum atomic E-state index is 13.2. The second kappa shape index (κ2) is 20.4. The van der Waals surface area contributed by atoms with Crippen LogP contribution in [0, 0.1) is 11.2 Å². The van der Waals surface area contributed by atoms with Crippen molar-refractivity contribution in [3.63, 3.8) is 0 Å². The van der Waals surface area contributed by atoms with Gasteiger partial charge in [-0.15, -0.1) is 0 Å². The summed E-state index contributed by atoms with van der Waals surface area (Å²) in [5.74, 6) is -0.0582. The molecule has 0 spiro atoms. The third kappa shape index (κ3) is 12.4. The van der Waals surface area contributed by atoms with Gasteiger partial charge in [0.1, 0.15) is 5.82 Å². The predicted octanol–water partition coefficient (Wildman–Crippen LogP) is 11.8. The second-order valence-electron chi connectivity index (χ2n) is 16.9. The molecule has 2 fully saturated rings. The molecule has 0 bridgehead atoms. The molecule has 2 heterocycles. The molecule has 1 saturated heterocycles. The minimum Gasteiger partial charge on any atom is -0.481 e. The molecule has 1 aliphatic carbocycles. The average Bonchev–Trinajstić information content (AvgIpc) is 4.03. The number of hydrogen-bond donors (Lipinski definition) is 3. The first-order valence-corrected chi connectivity index (χ1v) is 22.6. The van der Waals surface area contributed by atoms with Crippen LogP contribution in [-0.4, -0.2) is 58.0 Å². The van der Waals surface area contributed by atoms with Gasteiger partial charge in [0.15, 0.2) is 0 Å². The van der Waals surface area contributed by atoms with Crippen LogP contribution in [0.15, 0.2) is 133 Å². The highest BCUT2D eigenvalue weighted by atomic mass is 35.5. The van der Waals surface area contributed by atoms with Crippen molar-refractivity contribution < 1.29 is 19.4 Å². The zero-order valence-electron chi connectivity index (χ0n) is 34.9. The minimum atomic E-state index is -0.911. The van der Waals surface area contributed by atoms with Gasteiger partial charge < -0.3 is 15.5 Å². The summed E-state index contributed by atoms with van der Waals surface area (Å²) in [7, 11) is 0. The molecule has 0 radical (unpaired) electrons. The minimum absolute atomic E-state index is 0.0814. The van der Waals surface area contributed by atoms with Gasteiger partial charge >= 0.3 is 5.97 Å². The number of aromatic nitrogens is 1. The fourth-order valence-corrected chi connectivity index (χ4v) is 9.93. The van der Waals surface area contributed by atoms with Gasteiger partial charge in [-0.3, -0.25) is 9.69 Å². The molecule has 0 amide bonds. The highest BCUT2D eigenvalue weighted by Gasteiger charge is 2.44. The molecular formula is C52H55ClFN3O3S. The summed E-state index contributed by atoms with van der Waals surface area (Å²) in [4.78, 5) is 18.7. The number of piperazine rings is 1. The zero-order valence-corrected chi connectivity index (χ0v) is 36.5. The van der Waals surface area contributed by atoms with Gasteiger partial charge in [-0.05, 0) is 115 Å². The summed E-state index contributed by atoms with van der Waals surface area (Å²) < 4.78 is 13.2. The Morgan fingerprint density at radius 2 is 1.56 bits per heavy atom. The van der Waals surface area contributed by atoms with Crippen molar-refractivity contribution in [1.82, 2.24) is 15.2 Å². The molecule has 6 nitrogen and oxygen atoms in total. The Bertz CT molecular complexity index is 2410. The van der Waals surface area contributed by atoms with Crippen molar-refractivity contribution in [1.29, 1.82) is 0 Å². The van der Waals surface area contributed by atoms with E-state index in [9.17, 15) is 19.4 Å². The summed E-state index contributed by atoms with van der Waals surface area (Å²) in [6.45, 7) is 7.69. The van der Waals surface area contributed by atoms with Gasteiger partial charge in [0.05, 0.1) is 29.3 Å². The summed E-state index contributed by atoms with van der Waals surface area (Å²) in [5, 5.41) is 25.5. The van der Waals surface area contributed by atoms with E-state index >= 15 is 0 Å². The maximum Gasteiger partial charge on any atom is 0.303 e. The molecule has 5 aromatic carbocycles. The normalized spacial score (nSPS) is 16.1. The van der Waals surface area contributed by atoms with Gasteiger partial charge in [-0.2, -0.15) is 11.8 Å². The van der Waals surface area contributed by atoms with Crippen molar-refractivity contribution in [2.75, 3.05) is 31.9 Å². The van der Waals surface area contributed by atoms with Gasteiger partial charge in [0.2, 0.25) is 0 Å². The number of aliphatic carboxylic acids is 1. The molecular weight excluding hydrogens is 801 g/mol. The molecule has 1 aliphatic heterocycles. The number of aliphatic hydroxyl groups is 1. The fraction of sp³-hybridized carbons (Fsp3) is 0.308. The Kier molecular flexibility index (Phi) is 14.8. The number of pyridine rings is 1. The van der Waals surface area contributed by atoms with E-state index in [1.807, 2.05) is 92.3 Å². The number of nitrogens with one attached hydrogen (secondary N) is 1. The molecule has 1 saturated carbocycles. The number of carboxylic acid groups (broad SMARTS) is 1. The quantitative estimate of drug-likeness (QED) is 0.0948. The van der Waals surface area contributed by atoms with Crippen molar-refractivity contribution in [3.8, 4) is 0 Å². The molecule has 1 unspecified atom stereocenters. The molecule has 2 aliphatic rings. The number of halogens is 2. The second-order valence-corrected chi connectivity index (χ2v) is 18.5. The number of hydrogen-bond acceptors (Lipinski definition) is 6. The number of thioether (sulfide) groups is 1. The molecule has 316 valence electrons. The lowest BCUT2D eigenvalue weighted by atomic mass is 9.90. The van der Waals surface area contributed by atoms with Gasteiger partial charge in [0, 0.05) is 47.6 Å². The lowest BCUT2D eigenvalue weighted by Gasteiger charge is -2.35. The molecule has 9 heteroatoms. The van der Waals surface area contributed by atoms with Crippen LogP contribution in [0.4, 0.5) is 4.39 Å². The Hall–Kier alpha value is -4.83. The van der Waals surface area contributed by atoms with Crippen molar-refractivity contribution in [3.05, 3.63) is 183 Å². The van der Waals surface area contributed by atoms with Crippen LogP contribution >= 0.6 is 23.4 Å². The van der Waals surface area contributed by atoms with Crippen LogP contribution in [0.25, 0.3) is 23.1 Å². The molecule has 61 heavy (non-hydrogen) atoms. The van der Waals surface area contributed by atoms with E-state index in [4.69, 9.17) is 16.6 Å². The summed E-state index contributed by atoms with van der Waals surface area (Å²) in [6, 6.07) is 44.0. The van der Waals surface area contributed by atoms with E-state index in [1.54, 1.807) is 12.1 Å². The van der Waals surface area contributed by atoms with Crippen molar-refractivity contribution in [2.24, 2.45) is 5.41 Å². The smallest absolute Gasteiger partial charge is 0.303 e.